The minimum absolute atomic E-state index is 0.0437. The first-order valence-electron chi connectivity index (χ1n) is 9.88. The van der Waals surface area contributed by atoms with Crippen LogP contribution in [0.2, 0.25) is 0 Å². The minimum Gasteiger partial charge on any atom is -0.497 e. The van der Waals surface area contributed by atoms with Gasteiger partial charge in [0, 0.05) is 31.3 Å². The molecule has 3 unspecified atom stereocenters. The zero-order valence-corrected chi connectivity index (χ0v) is 19.7. The third-order valence-electron chi connectivity index (χ3n) is 5.12. The predicted molar refractivity (Wildman–Crippen MR) is 118 cm³/mol. The van der Waals surface area contributed by atoms with E-state index in [-0.39, 0.29) is 23.5 Å². The van der Waals surface area contributed by atoms with Crippen molar-refractivity contribution in [3.63, 3.8) is 0 Å². The largest absolute Gasteiger partial charge is 0.497 e. The Morgan fingerprint density at radius 2 is 1.87 bits per heavy atom. The molecule has 9 heteroatoms. The smallest absolute Gasteiger partial charge is 0.410 e. The third kappa shape index (κ3) is 6.30. The lowest BCUT2D eigenvalue weighted by molar-refractivity contribution is -0.0144. The highest BCUT2D eigenvalue weighted by Crippen LogP contribution is 2.34. The molecule has 2 aliphatic rings. The number of fused-ring (bicyclic) bond motifs is 2. The molecule has 0 radical (unpaired) electrons. The van der Waals surface area contributed by atoms with E-state index in [2.05, 4.69) is 4.90 Å². The highest BCUT2D eigenvalue weighted by atomic mass is 35.5. The molecule has 1 amide bonds. The Balaban J connectivity index is 0.00000101. The van der Waals surface area contributed by atoms with Crippen LogP contribution in [0.15, 0.2) is 18.2 Å². The molecule has 2 bridgehead atoms. The van der Waals surface area contributed by atoms with Crippen LogP contribution in [-0.4, -0.2) is 77.4 Å². The highest BCUT2D eigenvalue weighted by Gasteiger charge is 2.49. The number of rotatable bonds is 4. The summed E-state index contributed by atoms with van der Waals surface area (Å²) >= 11 is 9.53. The molecule has 3 atom stereocenters. The average molecular weight is 463 g/mol. The van der Waals surface area contributed by atoms with Gasteiger partial charge in [-0.05, 0) is 33.3 Å². The summed E-state index contributed by atoms with van der Waals surface area (Å²) < 4.78 is 16.3. The SMILES string of the molecule is COc1ccc(CN2CC3CC(O)C(C2)N3C(=O)OC(C)(C)C)c(OC)c1.ClCCl. The summed E-state index contributed by atoms with van der Waals surface area (Å²) in [6, 6.07) is 5.49. The van der Waals surface area contributed by atoms with Gasteiger partial charge in [0.05, 0.1) is 37.7 Å². The number of likely N-dealkylation sites (tertiary alicyclic amines) is 1. The molecule has 0 aliphatic carbocycles. The summed E-state index contributed by atoms with van der Waals surface area (Å²) in [5.74, 6) is 1.53. The van der Waals surface area contributed by atoms with Crippen molar-refractivity contribution in [1.82, 2.24) is 9.80 Å². The number of carbonyl (C=O) groups excluding carboxylic acids is 1. The van der Waals surface area contributed by atoms with E-state index in [1.165, 1.54) is 0 Å². The van der Waals surface area contributed by atoms with Crippen LogP contribution < -0.4 is 9.47 Å². The van der Waals surface area contributed by atoms with Gasteiger partial charge in [0.15, 0.2) is 0 Å². The van der Waals surface area contributed by atoms with Gasteiger partial charge >= 0.3 is 6.09 Å². The first-order chi connectivity index (χ1) is 14.1. The summed E-state index contributed by atoms with van der Waals surface area (Å²) in [5.41, 5.74) is 0.507. The molecule has 0 saturated carbocycles. The van der Waals surface area contributed by atoms with E-state index < -0.39 is 11.7 Å². The molecule has 170 valence electrons. The number of piperazine rings is 1. The number of halogens is 2. The molecule has 1 aromatic rings. The number of nitrogens with zero attached hydrogens (tertiary/aromatic N) is 2. The maximum Gasteiger partial charge on any atom is 0.410 e. The van der Waals surface area contributed by atoms with Gasteiger partial charge in [-0.1, -0.05) is 6.07 Å². The highest BCUT2D eigenvalue weighted by molar-refractivity contribution is 6.40. The molecule has 2 saturated heterocycles. The fourth-order valence-corrected chi connectivity index (χ4v) is 3.97. The molecule has 2 heterocycles. The average Bonchev–Trinajstić information content (AvgIpc) is 2.87. The van der Waals surface area contributed by atoms with Gasteiger partial charge < -0.3 is 19.3 Å². The van der Waals surface area contributed by atoms with Crippen LogP contribution in [0.3, 0.4) is 0 Å². The molecule has 3 rings (SSSR count). The molecule has 1 N–H and O–H groups in total. The summed E-state index contributed by atoms with van der Waals surface area (Å²) in [7, 11) is 3.27. The van der Waals surface area contributed by atoms with E-state index in [0.29, 0.717) is 26.1 Å². The second kappa shape index (κ2) is 10.8. The molecule has 2 aliphatic heterocycles. The number of methoxy groups -OCH3 is 2. The van der Waals surface area contributed by atoms with Crippen molar-refractivity contribution in [2.75, 3.05) is 32.6 Å². The minimum atomic E-state index is -0.547. The number of carbonyl (C=O) groups is 1. The number of hydrogen-bond donors (Lipinski definition) is 1. The predicted octanol–water partition coefficient (Wildman–Crippen LogP) is 3.68. The van der Waals surface area contributed by atoms with Gasteiger partial charge in [-0.15, -0.1) is 23.2 Å². The second-order valence-corrected chi connectivity index (χ2v) is 9.19. The standard InChI is InChI=1S/C20H30N2O5.CH2Cl2/c1-20(2,3)27-19(24)22-14-8-17(23)16(22)12-21(11-14)10-13-6-7-15(25-4)9-18(13)26-5;2-1-3/h6-7,9,14,16-17,23H,8,10-12H2,1-5H3;1H2. The summed E-state index contributed by atoms with van der Waals surface area (Å²) in [6.07, 6.45) is -0.277. The number of ether oxygens (including phenoxy) is 3. The van der Waals surface area contributed by atoms with Crippen molar-refractivity contribution < 1.29 is 24.1 Å². The Bertz CT molecular complexity index is 713. The number of hydrogen-bond acceptors (Lipinski definition) is 6. The van der Waals surface area contributed by atoms with E-state index in [9.17, 15) is 9.90 Å². The normalized spacial score (nSPS) is 23.5. The molecule has 1 aromatic carbocycles. The van der Waals surface area contributed by atoms with Gasteiger partial charge in [-0.3, -0.25) is 9.80 Å². The number of alkyl halides is 2. The van der Waals surface area contributed by atoms with Crippen LogP contribution in [0, 0.1) is 0 Å². The lowest BCUT2D eigenvalue weighted by Gasteiger charge is -2.41. The van der Waals surface area contributed by atoms with Crippen molar-refractivity contribution in [1.29, 1.82) is 0 Å². The van der Waals surface area contributed by atoms with Crippen molar-refractivity contribution in [3.05, 3.63) is 23.8 Å². The van der Waals surface area contributed by atoms with E-state index in [1.54, 1.807) is 19.1 Å². The van der Waals surface area contributed by atoms with Crippen LogP contribution in [0.1, 0.15) is 32.8 Å². The Hall–Kier alpha value is -1.41. The van der Waals surface area contributed by atoms with Gasteiger partial charge in [-0.2, -0.15) is 0 Å². The lowest BCUT2D eigenvalue weighted by atomic mass is 10.1. The van der Waals surface area contributed by atoms with Crippen LogP contribution >= 0.6 is 23.2 Å². The molecule has 0 aromatic heterocycles. The maximum absolute atomic E-state index is 12.6. The van der Waals surface area contributed by atoms with Crippen LogP contribution in [0.5, 0.6) is 11.5 Å². The van der Waals surface area contributed by atoms with E-state index in [0.717, 1.165) is 17.1 Å². The molecule has 30 heavy (non-hydrogen) atoms. The summed E-state index contributed by atoms with van der Waals surface area (Å²) in [5, 5.41) is 10.6. The number of benzene rings is 1. The fraction of sp³-hybridized carbons (Fsp3) is 0.667. The summed E-state index contributed by atoms with van der Waals surface area (Å²) in [4.78, 5) is 16.6. The lowest BCUT2D eigenvalue weighted by Crippen LogP contribution is -2.57. The molecular weight excluding hydrogens is 431 g/mol. The number of aliphatic hydroxyl groups is 1. The molecule has 0 spiro atoms. The van der Waals surface area contributed by atoms with Gasteiger partial charge in [0.25, 0.3) is 0 Å². The fourth-order valence-electron chi connectivity index (χ4n) is 3.97. The quantitative estimate of drug-likeness (QED) is 0.687. The van der Waals surface area contributed by atoms with Gasteiger partial charge in [0.2, 0.25) is 0 Å². The number of amides is 1. The van der Waals surface area contributed by atoms with Gasteiger partial charge in [-0.25, -0.2) is 4.79 Å². The van der Waals surface area contributed by atoms with Crippen molar-refractivity contribution in [3.8, 4) is 11.5 Å². The molecule has 7 nitrogen and oxygen atoms in total. The van der Waals surface area contributed by atoms with Crippen molar-refractivity contribution >= 4 is 29.3 Å². The topological polar surface area (TPSA) is 71.5 Å². The zero-order valence-electron chi connectivity index (χ0n) is 18.2. The second-order valence-electron chi connectivity index (χ2n) is 8.38. The number of aliphatic hydroxyl groups excluding tert-OH is 1. The van der Waals surface area contributed by atoms with E-state index in [1.807, 2.05) is 39.0 Å². The van der Waals surface area contributed by atoms with E-state index in [4.69, 9.17) is 37.4 Å². The van der Waals surface area contributed by atoms with E-state index >= 15 is 0 Å². The Morgan fingerprint density at radius 1 is 1.20 bits per heavy atom. The Morgan fingerprint density at radius 3 is 2.40 bits per heavy atom. The van der Waals surface area contributed by atoms with Crippen molar-refractivity contribution in [2.24, 2.45) is 0 Å². The molecule has 2 fully saturated rings. The van der Waals surface area contributed by atoms with Crippen LogP contribution in [-0.2, 0) is 11.3 Å². The monoisotopic (exact) mass is 462 g/mol. The zero-order chi connectivity index (χ0) is 22.5. The Labute approximate surface area is 188 Å². The van der Waals surface area contributed by atoms with Crippen LogP contribution in [0.25, 0.3) is 0 Å². The first kappa shape index (κ1) is 24.9. The third-order valence-corrected chi connectivity index (χ3v) is 5.12. The molecular formula is C21H32Cl2N2O5. The Kier molecular flexibility index (Phi) is 8.91. The van der Waals surface area contributed by atoms with Crippen molar-refractivity contribution in [2.45, 2.75) is 57.5 Å². The first-order valence-corrected chi connectivity index (χ1v) is 10.9. The summed E-state index contributed by atoms with van der Waals surface area (Å²) in [6.45, 7) is 7.56. The van der Waals surface area contributed by atoms with Crippen LogP contribution in [0.4, 0.5) is 4.79 Å². The van der Waals surface area contributed by atoms with Gasteiger partial charge in [0.1, 0.15) is 17.1 Å². The maximum atomic E-state index is 12.6.